The summed E-state index contributed by atoms with van der Waals surface area (Å²) in [6.07, 6.45) is 4.11. The van der Waals surface area contributed by atoms with Crippen LogP contribution in [0.15, 0.2) is 53.4 Å². The van der Waals surface area contributed by atoms with Crippen LogP contribution < -0.4 is 10.0 Å². The van der Waals surface area contributed by atoms with E-state index in [1.807, 2.05) is 19.1 Å². The van der Waals surface area contributed by atoms with Crippen LogP contribution in [0.25, 0.3) is 0 Å². The molecule has 7 nitrogen and oxygen atoms in total. The van der Waals surface area contributed by atoms with Gasteiger partial charge in [0.1, 0.15) is 0 Å². The van der Waals surface area contributed by atoms with Crippen molar-refractivity contribution in [3.8, 4) is 0 Å². The Kier molecular flexibility index (Phi) is 8.49. The zero-order chi connectivity index (χ0) is 23.8. The first-order chi connectivity index (χ1) is 15.8. The monoisotopic (exact) mass is 471 g/mol. The molecule has 0 aromatic heterocycles. The molecule has 0 aliphatic carbocycles. The molecule has 33 heavy (non-hydrogen) atoms. The fraction of sp³-hybridized carbons (Fsp3) is 0.440. The van der Waals surface area contributed by atoms with Gasteiger partial charge in [0.2, 0.25) is 5.91 Å². The van der Waals surface area contributed by atoms with Gasteiger partial charge in [-0.3, -0.25) is 14.3 Å². The molecule has 0 bridgehead atoms. The number of amides is 2. The number of carbonyl (C=O) groups excluding carboxylic acids is 2. The van der Waals surface area contributed by atoms with Gasteiger partial charge in [0, 0.05) is 36.8 Å². The van der Waals surface area contributed by atoms with E-state index in [1.54, 1.807) is 41.3 Å². The molecule has 0 atom stereocenters. The van der Waals surface area contributed by atoms with E-state index in [9.17, 15) is 18.0 Å². The van der Waals surface area contributed by atoms with Gasteiger partial charge < -0.3 is 10.2 Å². The number of hydrogen-bond donors (Lipinski definition) is 2. The smallest absolute Gasteiger partial charge is 0.261 e. The summed E-state index contributed by atoms with van der Waals surface area (Å²) in [6.45, 7) is 5.84. The lowest BCUT2D eigenvalue weighted by atomic mass is 9.95. The predicted molar refractivity (Wildman–Crippen MR) is 130 cm³/mol. The Morgan fingerprint density at radius 2 is 1.58 bits per heavy atom. The van der Waals surface area contributed by atoms with E-state index in [1.165, 1.54) is 0 Å². The van der Waals surface area contributed by atoms with Gasteiger partial charge in [-0.1, -0.05) is 32.4 Å². The molecule has 2 amide bonds. The molecule has 1 aliphatic rings. The maximum atomic E-state index is 12.8. The summed E-state index contributed by atoms with van der Waals surface area (Å²) in [4.78, 5) is 26.9. The molecular formula is C25H33N3O4S. The van der Waals surface area contributed by atoms with Gasteiger partial charge >= 0.3 is 0 Å². The topological polar surface area (TPSA) is 95.6 Å². The van der Waals surface area contributed by atoms with E-state index in [4.69, 9.17) is 0 Å². The van der Waals surface area contributed by atoms with Crippen molar-refractivity contribution in [2.45, 2.75) is 50.8 Å². The van der Waals surface area contributed by atoms with Crippen molar-refractivity contribution in [3.63, 3.8) is 0 Å². The molecule has 0 unspecified atom stereocenters. The minimum atomic E-state index is -3.70. The number of likely N-dealkylation sites (tertiary alicyclic amines) is 1. The van der Waals surface area contributed by atoms with Crippen LogP contribution in [0.2, 0.25) is 0 Å². The Morgan fingerprint density at radius 1 is 0.939 bits per heavy atom. The average molecular weight is 472 g/mol. The van der Waals surface area contributed by atoms with Gasteiger partial charge in [0.05, 0.1) is 4.90 Å². The highest BCUT2D eigenvalue weighted by Crippen LogP contribution is 2.21. The minimum absolute atomic E-state index is 0.0478. The van der Waals surface area contributed by atoms with E-state index >= 15 is 0 Å². The molecule has 1 heterocycles. The third-order valence-corrected chi connectivity index (χ3v) is 7.26. The van der Waals surface area contributed by atoms with Crippen molar-refractivity contribution in [2.24, 2.45) is 5.92 Å². The highest BCUT2D eigenvalue weighted by Gasteiger charge is 2.27. The molecule has 3 rings (SSSR count). The van der Waals surface area contributed by atoms with Gasteiger partial charge in [0.25, 0.3) is 15.9 Å². The number of piperidine rings is 1. The van der Waals surface area contributed by atoms with Crippen molar-refractivity contribution in [1.82, 2.24) is 10.2 Å². The molecule has 0 radical (unpaired) electrons. The van der Waals surface area contributed by atoms with Gasteiger partial charge in [-0.25, -0.2) is 8.42 Å². The Hall–Kier alpha value is -2.87. The van der Waals surface area contributed by atoms with Gasteiger partial charge in [-0.2, -0.15) is 0 Å². The largest absolute Gasteiger partial charge is 0.356 e. The Balaban J connectivity index is 1.57. The van der Waals surface area contributed by atoms with Crippen LogP contribution in [-0.2, 0) is 21.2 Å². The number of hydrogen-bond acceptors (Lipinski definition) is 4. The summed E-state index contributed by atoms with van der Waals surface area (Å²) in [5, 5.41) is 2.92. The van der Waals surface area contributed by atoms with Crippen LogP contribution in [0.4, 0.5) is 5.69 Å². The molecular weight excluding hydrogens is 438 g/mol. The maximum absolute atomic E-state index is 12.8. The van der Waals surface area contributed by atoms with Gasteiger partial charge in [-0.15, -0.1) is 0 Å². The number of aryl methyl sites for hydroxylation is 1. The summed E-state index contributed by atoms with van der Waals surface area (Å²) in [6, 6.07) is 13.3. The molecule has 2 N–H and O–H groups in total. The first-order valence-corrected chi connectivity index (χ1v) is 13.1. The van der Waals surface area contributed by atoms with Crippen LogP contribution in [0.5, 0.6) is 0 Å². The van der Waals surface area contributed by atoms with Crippen molar-refractivity contribution in [3.05, 3.63) is 59.7 Å². The quantitative estimate of drug-likeness (QED) is 0.581. The van der Waals surface area contributed by atoms with Gasteiger partial charge in [0.15, 0.2) is 0 Å². The molecule has 8 heteroatoms. The number of nitrogens with zero attached hydrogens (tertiary/aromatic N) is 1. The molecule has 0 spiro atoms. The second kappa shape index (κ2) is 11.3. The Labute approximate surface area is 196 Å². The third kappa shape index (κ3) is 6.57. The Morgan fingerprint density at radius 3 is 2.15 bits per heavy atom. The van der Waals surface area contributed by atoms with Crippen LogP contribution in [0.1, 0.15) is 55.5 Å². The fourth-order valence-electron chi connectivity index (χ4n) is 3.94. The highest BCUT2D eigenvalue weighted by atomic mass is 32.2. The normalized spacial score (nSPS) is 14.7. The second-order valence-corrected chi connectivity index (χ2v) is 10.1. The van der Waals surface area contributed by atoms with Crippen LogP contribution in [0, 0.1) is 5.92 Å². The lowest BCUT2D eigenvalue weighted by Gasteiger charge is -2.31. The third-order valence-electron chi connectivity index (χ3n) is 5.86. The molecule has 2 aromatic rings. The minimum Gasteiger partial charge on any atom is -0.356 e. The second-order valence-electron chi connectivity index (χ2n) is 8.43. The van der Waals surface area contributed by atoms with Crippen LogP contribution >= 0.6 is 0 Å². The van der Waals surface area contributed by atoms with Crippen LogP contribution in [0.3, 0.4) is 0 Å². The molecule has 1 saturated heterocycles. The van der Waals surface area contributed by atoms with Crippen molar-refractivity contribution >= 4 is 27.5 Å². The summed E-state index contributed by atoms with van der Waals surface area (Å²) < 4.78 is 27.9. The summed E-state index contributed by atoms with van der Waals surface area (Å²) in [5.74, 6) is -0.0858. The Bertz CT molecular complexity index is 1040. The molecule has 1 fully saturated rings. The lowest BCUT2D eigenvalue weighted by Crippen LogP contribution is -2.43. The molecule has 1 aliphatic heterocycles. The average Bonchev–Trinajstić information content (AvgIpc) is 2.83. The summed E-state index contributed by atoms with van der Waals surface area (Å²) in [7, 11) is -3.70. The maximum Gasteiger partial charge on any atom is 0.261 e. The molecule has 178 valence electrons. The van der Waals surface area contributed by atoms with E-state index in [0.29, 0.717) is 43.7 Å². The number of carbonyl (C=O) groups is 2. The fourth-order valence-corrected chi connectivity index (χ4v) is 5.00. The van der Waals surface area contributed by atoms with Gasteiger partial charge in [-0.05, 0) is 67.6 Å². The summed E-state index contributed by atoms with van der Waals surface area (Å²) >= 11 is 0. The first-order valence-electron chi connectivity index (χ1n) is 11.6. The number of rotatable bonds is 9. The lowest BCUT2D eigenvalue weighted by molar-refractivity contribution is -0.126. The van der Waals surface area contributed by atoms with Crippen molar-refractivity contribution in [2.75, 3.05) is 24.4 Å². The zero-order valence-corrected chi connectivity index (χ0v) is 20.2. The molecule has 2 aromatic carbocycles. The van der Waals surface area contributed by atoms with Crippen molar-refractivity contribution < 1.29 is 18.0 Å². The SMILES string of the molecule is CCCNC(=O)C1CCN(C(=O)c2ccc(NS(=O)(=O)c3ccc(CCC)cc3)cc2)CC1. The standard InChI is InChI=1S/C25H33N3O4S/c1-3-5-19-6-12-23(13-7-19)33(31,32)27-22-10-8-21(9-11-22)25(30)28-17-14-20(15-18-28)24(29)26-16-4-2/h6-13,20,27H,3-5,14-18H2,1-2H3,(H,26,29). The highest BCUT2D eigenvalue weighted by molar-refractivity contribution is 7.92. The number of nitrogens with one attached hydrogen (secondary N) is 2. The first kappa shape index (κ1) is 24.8. The number of benzene rings is 2. The number of anilines is 1. The van der Waals surface area contributed by atoms with Crippen LogP contribution in [-0.4, -0.2) is 44.8 Å². The van der Waals surface area contributed by atoms with E-state index < -0.39 is 10.0 Å². The van der Waals surface area contributed by atoms with Crippen molar-refractivity contribution in [1.29, 1.82) is 0 Å². The summed E-state index contributed by atoms with van der Waals surface area (Å²) in [5.41, 5.74) is 2.00. The predicted octanol–water partition coefficient (Wildman–Crippen LogP) is 3.82. The number of sulfonamides is 1. The molecule has 0 saturated carbocycles. The zero-order valence-electron chi connectivity index (χ0n) is 19.3. The van der Waals surface area contributed by atoms with E-state index in [-0.39, 0.29) is 22.6 Å². The van der Waals surface area contributed by atoms with E-state index in [0.717, 1.165) is 24.8 Å². The van der Waals surface area contributed by atoms with E-state index in [2.05, 4.69) is 17.0 Å².